The first-order chi connectivity index (χ1) is 65.5. The van der Waals surface area contributed by atoms with E-state index in [-0.39, 0.29) is 0 Å². The third-order valence-electron chi connectivity index (χ3n) is 25.1. The average Bonchev–Trinajstić information content (AvgIpc) is 1.59. The molecule has 0 unspecified atom stereocenters. The van der Waals surface area contributed by atoms with Crippen molar-refractivity contribution in [1.29, 1.82) is 0 Å². The van der Waals surface area contributed by atoms with Gasteiger partial charge in [0.15, 0.2) is 0 Å². The Labute approximate surface area is 800 Å². The van der Waals surface area contributed by atoms with Crippen molar-refractivity contribution in [2.24, 2.45) is 0 Å². The molecule has 0 N–H and O–H groups in total. The number of hydrogen-bond acceptors (Lipinski definition) is 12. The van der Waals surface area contributed by atoms with Crippen LogP contribution < -0.4 is 34.2 Å². The molecule has 0 saturated carbocycles. The fourth-order valence-electron chi connectivity index (χ4n) is 16.5. The summed E-state index contributed by atoms with van der Waals surface area (Å²) in [4.78, 5) is 26.6. The Morgan fingerprint density at radius 2 is 0.507 bits per heavy atom. The highest BCUT2D eigenvalue weighted by atomic mass is 79.9. The Kier molecular flexibility index (Phi) is 33.4. The van der Waals surface area contributed by atoms with Gasteiger partial charge in [0, 0.05) is 71.6 Å². The van der Waals surface area contributed by atoms with Gasteiger partial charge in [0.2, 0.25) is 0 Å². The molecule has 3 heterocycles. The van der Waals surface area contributed by atoms with Crippen LogP contribution in [0.1, 0.15) is 179 Å². The van der Waals surface area contributed by atoms with E-state index in [1.165, 1.54) is 77.0 Å². The standard InChI is InChI=1S/C57H55NO4.C48H58BNO4.C15H9BrO2/c1-3-5-7-9-37-60-54-33-23-47(24-34-54)45-19-29-52(30-20-45)58(53-31-21-46(22-32-53)48-25-35-55(36-26-48)61-38-10-8-6-4-2)51-27-17-44(18-28-51)43-13-15-49(16-14-43)57-40-50-12-11-42(41-59)39-56(50)62-57;1-7-9-11-13-35-51-45-31-19-39(20-32-45)37-15-25-42(26-16-37)50(44-29-23-41(24-30-44)49-53-47(3,4)48(5,6)54-49)43-27-17-38(18-28-43)40-21-33-46(34-22-40)52-36-14-12-10-8-2;16-13-5-3-11(4-6-13)15-8-12-2-1-10(9-17)7-14(12)18-15/h11-36,39-41H,3-10,37-38H2,1-2H3;15-34H,7-14,35-36H2,1-6H3;1-9H. The SMILES string of the molecule is CCCCCCOc1ccc(-c2ccc(N(c3ccc(-c4ccc(OCCCCCC)cc4)cc3)c3ccc(-c4ccc(-c5cc6ccc(C=O)cc6o5)cc4)cc3)cc2)cc1.CCCCCCOc1ccc(-c2ccc(N(c3ccc(B4OC(C)(C)C(C)(C)O4)cc3)c3ccc(-c4ccc(OCCCCCC)cc4)cc3)cc2)cc1.O=Cc1ccc2cc(-c3ccc(Br)cc3)oc2c1. The third-order valence-corrected chi connectivity index (χ3v) is 25.6. The number of nitrogens with zero attached hydrogens (tertiary/aromatic N) is 2. The monoisotopic (exact) mass is 1840 g/mol. The minimum Gasteiger partial charge on any atom is -0.494 e. The van der Waals surface area contributed by atoms with E-state index >= 15 is 0 Å². The number of anilines is 6. The Morgan fingerprint density at radius 1 is 0.276 bits per heavy atom. The summed E-state index contributed by atoms with van der Waals surface area (Å²) in [7, 11) is -0.410. The van der Waals surface area contributed by atoms with Crippen LogP contribution in [0.15, 0.2) is 353 Å². The number of benzene rings is 14. The highest BCUT2D eigenvalue weighted by Gasteiger charge is 2.51. The molecule has 14 aromatic carbocycles. The molecule has 0 bridgehead atoms. The number of halogens is 1. The van der Waals surface area contributed by atoms with Crippen LogP contribution >= 0.6 is 15.9 Å². The maximum Gasteiger partial charge on any atom is 0.494 e. The summed E-state index contributed by atoms with van der Waals surface area (Å²) in [6.45, 7) is 20.3. The molecule has 1 fully saturated rings. The van der Waals surface area contributed by atoms with Crippen molar-refractivity contribution < 1.29 is 46.7 Å². The normalized spacial score (nSPS) is 12.5. The summed E-state index contributed by atoms with van der Waals surface area (Å²) in [6, 6.07) is 118. The second-order valence-electron chi connectivity index (χ2n) is 35.5. The molecule has 14 heteroatoms. The van der Waals surface area contributed by atoms with Crippen LogP contribution in [0.4, 0.5) is 34.1 Å². The Morgan fingerprint density at radius 3 is 0.761 bits per heavy atom. The van der Waals surface area contributed by atoms with E-state index in [2.05, 4.69) is 348 Å². The molecule has 17 rings (SSSR count). The fraction of sp³-hybridized carbons (Fsp3) is 0.250. The van der Waals surface area contributed by atoms with E-state index in [0.29, 0.717) is 16.7 Å². The molecule has 0 radical (unpaired) electrons. The molecule has 0 aliphatic carbocycles. The van der Waals surface area contributed by atoms with Gasteiger partial charge in [-0.25, -0.2) is 0 Å². The van der Waals surface area contributed by atoms with Crippen LogP contribution in [0.2, 0.25) is 0 Å². The van der Waals surface area contributed by atoms with Crippen LogP contribution in [0.5, 0.6) is 23.0 Å². The van der Waals surface area contributed by atoms with Crippen molar-refractivity contribution in [3.63, 3.8) is 0 Å². The van der Waals surface area contributed by atoms with Gasteiger partial charge in [-0.15, -0.1) is 0 Å². The van der Waals surface area contributed by atoms with Crippen molar-refractivity contribution >= 4 is 97.1 Å². The van der Waals surface area contributed by atoms with Crippen molar-refractivity contribution in [3.8, 4) is 101 Å². The van der Waals surface area contributed by atoms with Crippen LogP contribution in [-0.4, -0.2) is 57.3 Å². The van der Waals surface area contributed by atoms with Gasteiger partial charge in [-0.3, -0.25) is 9.59 Å². The first-order valence-corrected chi connectivity index (χ1v) is 48.6. The number of aldehydes is 2. The molecule has 16 aromatic rings. The average molecular weight is 1840 g/mol. The summed E-state index contributed by atoms with van der Waals surface area (Å²) in [5.41, 5.74) is 22.8. The van der Waals surface area contributed by atoms with Gasteiger partial charge in [0.25, 0.3) is 0 Å². The molecule has 0 spiro atoms. The first-order valence-electron chi connectivity index (χ1n) is 47.9. The van der Waals surface area contributed by atoms with Crippen LogP contribution in [0.3, 0.4) is 0 Å². The van der Waals surface area contributed by atoms with Crippen molar-refractivity contribution in [2.75, 3.05) is 36.2 Å². The van der Waals surface area contributed by atoms with Gasteiger partial charge in [-0.1, -0.05) is 303 Å². The molecule has 0 amide bonds. The number of hydrogen-bond donors (Lipinski definition) is 0. The highest BCUT2D eigenvalue weighted by Crippen LogP contribution is 2.43. The van der Waals surface area contributed by atoms with Crippen LogP contribution in [-0.2, 0) is 9.31 Å². The Hall–Kier alpha value is -13.2. The molecule has 1 saturated heterocycles. The fourth-order valence-corrected chi connectivity index (χ4v) is 16.8. The quantitative estimate of drug-likeness (QED) is 0.0206. The molecule has 12 nitrogen and oxygen atoms in total. The van der Waals surface area contributed by atoms with E-state index in [9.17, 15) is 9.59 Å². The lowest BCUT2D eigenvalue weighted by atomic mass is 9.79. The summed E-state index contributed by atoms with van der Waals surface area (Å²) in [5, 5.41) is 1.97. The molecule has 1 aliphatic rings. The summed E-state index contributed by atoms with van der Waals surface area (Å²) in [6.07, 6.45) is 20.8. The zero-order valence-corrected chi connectivity index (χ0v) is 80.1. The number of carbonyl (C=O) groups is 2. The van der Waals surface area contributed by atoms with E-state index in [1.807, 2.05) is 54.6 Å². The zero-order chi connectivity index (χ0) is 93.0. The van der Waals surface area contributed by atoms with Crippen molar-refractivity contribution in [2.45, 2.75) is 169 Å². The topological polar surface area (TPSA) is 122 Å². The van der Waals surface area contributed by atoms with Crippen molar-refractivity contribution in [1.82, 2.24) is 0 Å². The summed E-state index contributed by atoms with van der Waals surface area (Å²) >= 11 is 3.40. The lowest BCUT2D eigenvalue weighted by Crippen LogP contribution is -2.41. The maximum atomic E-state index is 11.3. The molecule has 1 aliphatic heterocycles. The number of rotatable bonds is 40. The largest absolute Gasteiger partial charge is 0.494 e. The molecular weight excluding hydrogens is 1720 g/mol. The Balaban J connectivity index is 0.000000173. The molecule has 134 heavy (non-hydrogen) atoms. The zero-order valence-electron chi connectivity index (χ0n) is 78.6. The predicted octanol–water partition coefficient (Wildman–Crippen LogP) is 33.7. The number of carbonyl (C=O) groups excluding carboxylic acids is 2. The Bertz CT molecular complexity index is 6140. The highest BCUT2D eigenvalue weighted by molar-refractivity contribution is 9.10. The number of ether oxygens (including phenoxy) is 4. The van der Waals surface area contributed by atoms with Gasteiger partial charge in [0.1, 0.15) is 58.3 Å². The van der Waals surface area contributed by atoms with Gasteiger partial charge in [-0.05, 0) is 272 Å². The van der Waals surface area contributed by atoms with Gasteiger partial charge < -0.3 is 46.9 Å². The van der Waals surface area contributed by atoms with Gasteiger partial charge in [-0.2, -0.15) is 0 Å². The van der Waals surface area contributed by atoms with Gasteiger partial charge in [0.05, 0.1) is 37.6 Å². The summed E-state index contributed by atoms with van der Waals surface area (Å²) in [5.74, 6) is 5.26. The first kappa shape index (κ1) is 95.4. The second kappa shape index (κ2) is 46.9. The number of furan rings is 2. The molecule has 2 aromatic heterocycles. The lowest BCUT2D eigenvalue weighted by Gasteiger charge is -2.32. The van der Waals surface area contributed by atoms with Crippen molar-refractivity contribution in [3.05, 3.63) is 355 Å². The summed E-state index contributed by atoms with van der Waals surface area (Å²) < 4.78 is 49.6. The van der Waals surface area contributed by atoms with Gasteiger partial charge >= 0.3 is 7.12 Å². The smallest absolute Gasteiger partial charge is 0.494 e. The number of unbranched alkanes of at least 4 members (excludes halogenated alkanes) is 12. The molecule has 0 atom stereocenters. The predicted molar refractivity (Wildman–Crippen MR) is 559 cm³/mol. The second-order valence-corrected chi connectivity index (χ2v) is 36.4. The third kappa shape index (κ3) is 25.2. The van der Waals surface area contributed by atoms with E-state index < -0.39 is 18.3 Å². The maximum absolute atomic E-state index is 11.3. The lowest BCUT2D eigenvalue weighted by molar-refractivity contribution is 0.00578. The minimum absolute atomic E-state index is 0.394. The molecular formula is C120H122BBrN2O10. The van der Waals surface area contributed by atoms with E-state index in [4.69, 9.17) is 37.1 Å². The minimum atomic E-state index is -0.410. The molecule has 682 valence electrons. The van der Waals surface area contributed by atoms with E-state index in [1.54, 1.807) is 18.2 Å². The van der Waals surface area contributed by atoms with E-state index in [0.717, 1.165) is 226 Å². The van der Waals surface area contributed by atoms with Crippen LogP contribution in [0, 0.1) is 0 Å². The number of fused-ring (bicyclic) bond motifs is 2. The van der Waals surface area contributed by atoms with Crippen LogP contribution in [0.25, 0.3) is 100 Å².